The second kappa shape index (κ2) is 6.31. The Bertz CT molecular complexity index is 367. The molecule has 0 amide bonds. The van der Waals surface area contributed by atoms with Gasteiger partial charge in [-0.1, -0.05) is 38.5 Å². The van der Waals surface area contributed by atoms with Gasteiger partial charge in [0.25, 0.3) is 0 Å². The van der Waals surface area contributed by atoms with Gasteiger partial charge in [0.05, 0.1) is 24.4 Å². The van der Waals surface area contributed by atoms with Gasteiger partial charge in [0.1, 0.15) is 12.2 Å². The molecule has 23 heavy (non-hydrogen) atoms. The van der Waals surface area contributed by atoms with E-state index in [9.17, 15) is 0 Å². The zero-order valence-electron chi connectivity index (χ0n) is 15.0. The van der Waals surface area contributed by atoms with E-state index in [1.165, 1.54) is 64.2 Å². The van der Waals surface area contributed by atoms with Crippen molar-refractivity contribution in [1.29, 1.82) is 0 Å². The SMILES string of the molecule is CC(OC(C)(C1CCCCC1)C1CO1)(C1CCCCC1)C1CO1. The Labute approximate surface area is 141 Å². The van der Waals surface area contributed by atoms with Crippen LogP contribution in [-0.2, 0) is 14.2 Å². The quantitative estimate of drug-likeness (QED) is 0.676. The van der Waals surface area contributed by atoms with E-state index in [0.717, 1.165) is 13.2 Å². The van der Waals surface area contributed by atoms with Gasteiger partial charge in [-0.2, -0.15) is 0 Å². The van der Waals surface area contributed by atoms with E-state index in [-0.39, 0.29) is 11.2 Å². The molecule has 132 valence electrons. The van der Waals surface area contributed by atoms with Gasteiger partial charge in [-0.05, 0) is 51.4 Å². The van der Waals surface area contributed by atoms with Crippen molar-refractivity contribution in [2.24, 2.45) is 11.8 Å². The lowest BCUT2D eigenvalue weighted by Crippen LogP contribution is -2.55. The monoisotopic (exact) mass is 322 g/mol. The van der Waals surface area contributed by atoms with Gasteiger partial charge in [0.15, 0.2) is 0 Å². The van der Waals surface area contributed by atoms with Gasteiger partial charge in [-0.25, -0.2) is 0 Å². The van der Waals surface area contributed by atoms with E-state index in [2.05, 4.69) is 13.8 Å². The van der Waals surface area contributed by atoms with Gasteiger partial charge in [-0.3, -0.25) is 0 Å². The molecule has 0 spiro atoms. The Morgan fingerprint density at radius 2 is 1.00 bits per heavy atom. The van der Waals surface area contributed by atoms with E-state index in [1.54, 1.807) is 0 Å². The highest BCUT2D eigenvalue weighted by atomic mass is 16.6. The van der Waals surface area contributed by atoms with Crippen LogP contribution in [0.15, 0.2) is 0 Å². The van der Waals surface area contributed by atoms with Gasteiger partial charge in [0, 0.05) is 0 Å². The number of hydrogen-bond donors (Lipinski definition) is 0. The van der Waals surface area contributed by atoms with Crippen LogP contribution in [-0.4, -0.2) is 36.6 Å². The summed E-state index contributed by atoms with van der Waals surface area (Å²) in [6, 6.07) is 0. The van der Waals surface area contributed by atoms with Crippen molar-refractivity contribution in [2.45, 2.75) is 101 Å². The molecule has 4 rings (SSSR count). The standard InChI is InChI=1S/C20H34O3/c1-19(17-13-21-17,15-9-5-3-6-10-15)23-20(2,18-14-22-18)16-11-7-4-8-12-16/h15-18H,3-14H2,1-2H3. The van der Waals surface area contributed by atoms with Crippen molar-refractivity contribution in [3.63, 3.8) is 0 Å². The van der Waals surface area contributed by atoms with Crippen LogP contribution in [0.25, 0.3) is 0 Å². The smallest absolute Gasteiger partial charge is 0.110 e. The highest BCUT2D eigenvalue weighted by Crippen LogP contribution is 2.50. The predicted molar refractivity (Wildman–Crippen MR) is 90.5 cm³/mol. The summed E-state index contributed by atoms with van der Waals surface area (Å²) in [4.78, 5) is 0. The van der Waals surface area contributed by atoms with E-state index >= 15 is 0 Å². The van der Waals surface area contributed by atoms with Gasteiger partial charge in [-0.15, -0.1) is 0 Å². The van der Waals surface area contributed by atoms with E-state index < -0.39 is 0 Å². The second-order valence-electron chi connectivity index (χ2n) is 8.78. The molecule has 0 aromatic carbocycles. The lowest BCUT2D eigenvalue weighted by Gasteiger charge is -2.48. The van der Waals surface area contributed by atoms with Crippen LogP contribution in [0.4, 0.5) is 0 Å². The molecular weight excluding hydrogens is 288 g/mol. The Morgan fingerprint density at radius 1 is 0.652 bits per heavy atom. The summed E-state index contributed by atoms with van der Waals surface area (Å²) >= 11 is 0. The molecule has 0 aromatic rings. The molecule has 2 heterocycles. The summed E-state index contributed by atoms with van der Waals surface area (Å²) in [7, 11) is 0. The molecule has 0 aromatic heterocycles. The van der Waals surface area contributed by atoms with Crippen LogP contribution in [0.5, 0.6) is 0 Å². The number of rotatable bonds is 6. The summed E-state index contributed by atoms with van der Waals surface area (Å²) in [5, 5.41) is 0. The Kier molecular flexibility index (Phi) is 4.49. The minimum absolute atomic E-state index is 0.113. The maximum atomic E-state index is 7.10. The topological polar surface area (TPSA) is 34.3 Å². The van der Waals surface area contributed by atoms with Crippen molar-refractivity contribution in [3.8, 4) is 0 Å². The van der Waals surface area contributed by atoms with E-state index in [4.69, 9.17) is 14.2 Å². The van der Waals surface area contributed by atoms with Crippen molar-refractivity contribution in [3.05, 3.63) is 0 Å². The fourth-order valence-corrected chi connectivity index (χ4v) is 5.41. The third-order valence-electron chi connectivity index (χ3n) is 7.22. The molecule has 3 heteroatoms. The van der Waals surface area contributed by atoms with Crippen LogP contribution in [0.3, 0.4) is 0 Å². The first kappa shape index (κ1) is 16.4. The Morgan fingerprint density at radius 3 is 1.30 bits per heavy atom. The van der Waals surface area contributed by atoms with Crippen molar-refractivity contribution in [1.82, 2.24) is 0 Å². The Balaban J connectivity index is 1.55. The first-order valence-corrected chi connectivity index (χ1v) is 10.1. The molecule has 4 aliphatic rings. The van der Waals surface area contributed by atoms with Crippen molar-refractivity contribution in [2.75, 3.05) is 13.2 Å². The molecule has 0 radical (unpaired) electrons. The minimum Gasteiger partial charge on any atom is -0.370 e. The lowest BCUT2D eigenvalue weighted by molar-refractivity contribution is -0.213. The number of hydrogen-bond acceptors (Lipinski definition) is 3. The molecule has 4 atom stereocenters. The second-order valence-corrected chi connectivity index (χ2v) is 8.78. The normalized spacial score (nSPS) is 37.8. The summed E-state index contributed by atoms with van der Waals surface area (Å²) in [6.45, 7) is 6.48. The zero-order chi connectivity index (χ0) is 15.9. The van der Waals surface area contributed by atoms with Gasteiger partial charge >= 0.3 is 0 Å². The van der Waals surface area contributed by atoms with Crippen LogP contribution in [0.1, 0.15) is 78.1 Å². The van der Waals surface area contributed by atoms with Gasteiger partial charge < -0.3 is 14.2 Å². The van der Waals surface area contributed by atoms with E-state index in [1.807, 2.05) is 0 Å². The molecule has 2 aliphatic heterocycles. The molecule has 2 saturated heterocycles. The first-order chi connectivity index (χ1) is 11.1. The molecule has 4 fully saturated rings. The molecular formula is C20H34O3. The van der Waals surface area contributed by atoms with Crippen LogP contribution >= 0.6 is 0 Å². The summed E-state index contributed by atoms with van der Waals surface area (Å²) in [6.07, 6.45) is 14.1. The Hall–Kier alpha value is -0.120. The number of epoxide rings is 2. The highest BCUT2D eigenvalue weighted by molar-refractivity contribution is 5.05. The van der Waals surface area contributed by atoms with Gasteiger partial charge in [0.2, 0.25) is 0 Å². The van der Waals surface area contributed by atoms with Crippen LogP contribution < -0.4 is 0 Å². The fourth-order valence-electron chi connectivity index (χ4n) is 5.41. The average molecular weight is 322 g/mol. The summed E-state index contributed by atoms with van der Waals surface area (Å²) < 4.78 is 18.7. The molecule has 3 nitrogen and oxygen atoms in total. The van der Waals surface area contributed by atoms with Crippen molar-refractivity contribution >= 4 is 0 Å². The van der Waals surface area contributed by atoms with E-state index in [0.29, 0.717) is 24.0 Å². The predicted octanol–water partition coefficient (Wildman–Crippen LogP) is 4.48. The van der Waals surface area contributed by atoms with Crippen LogP contribution in [0.2, 0.25) is 0 Å². The average Bonchev–Trinajstić information content (AvgIpc) is 3.48. The van der Waals surface area contributed by atoms with Crippen LogP contribution in [0, 0.1) is 11.8 Å². The maximum Gasteiger partial charge on any atom is 0.110 e. The molecule has 0 bridgehead atoms. The largest absolute Gasteiger partial charge is 0.370 e. The first-order valence-electron chi connectivity index (χ1n) is 10.1. The molecule has 4 unspecified atom stereocenters. The molecule has 0 N–H and O–H groups in total. The number of ether oxygens (including phenoxy) is 3. The maximum absolute atomic E-state index is 7.10. The molecule has 2 aliphatic carbocycles. The zero-order valence-corrected chi connectivity index (χ0v) is 15.0. The lowest BCUT2D eigenvalue weighted by atomic mass is 9.72. The summed E-state index contributed by atoms with van der Waals surface area (Å²) in [5.41, 5.74) is -0.225. The highest BCUT2D eigenvalue weighted by Gasteiger charge is 2.58. The third kappa shape index (κ3) is 3.21. The third-order valence-corrected chi connectivity index (χ3v) is 7.22. The molecule has 2 saturated carbocycles. The minimum atomic E-state index is -0.113. The fraction of sp³-hybridized carbons (Fsp3) is 1.00. The van der Waals surface area contributed by atoms with Crippen molar-refractivity contribution < 1.29 is 14.2 Å². The summed E-state index contributed by atoms with van der Waals surface area (Å²) in [5.74, 6) is 1.32.